The van der Waals surface area contributed by atoms with Crippen molar-refractivity contribution in [1.29, 1.82) is 0 Å². The summed E-state index contributed by atoms with van der Waals surface area (Å²) >= 11 is 0. The minimum atomic E-state index is 0.648. The molecule has 2 heteroatoms. The highest BCUT2D eigenvalue weighted by Crippen LogP contribution is 2.26. The van der Waals surface area contributed by atoms with Crippen molar-refractivity contribution in [3.8, 4) is 11.5 Å². The highest BCUT2D eigenvalue weighted by molar-refractivity contribution is 5.58. The van der Waals surface area contributed by atoms with Crippen LogP contribution in [-0.2, 0) is 0 Å². The Morgan fingerprint density at radius 2 is 1.89 bits per heavy atom. The fourth-order valence-corrected chi connectivity index (χ4v) is 2.28. The molecule has 0 spiro atoms. The van der Waals surface area contributed by atoms with E-state index in [-0.39, 0.29) is 0 Å². The topological polar surface area (TPSA) is 18.5 Å². The molecule has 0 unspecified atom stereocenters. The second kappa shape index (κ2) is 8.63. The molecule has 2 nitrogen and oxygen atoms in total. The Labute approximate surface area is 117 Å². The quantitative estimate of drug-likeness (QED) is 0.628. The van der Waals surface area contributed by atoms with E-state index in [4.69, 9.17) is 9.47 Å². The van der Waals surface area contributed by atoms with Crippen molar-refractivity contribution in [3.05, 3.63) is 30.3 Å². The van der Waals surface area contributed by atoms with Gasteiger partial charge in [0.2, 0.25) is 0 Å². The Bertz CT molecular complexity index is 379. The van der Waals surface area contributed by atoms with Gasteiger partial charge in [0, 0.05) is 5.56 Å². The molecule has 0 fully saturated rings. The number of methoxy groups -OCH3 is 1. The lowest BCUT2D eigenvalue weighted by Gasteiger charge is -2.17. The van der Waals surface area contributed by atoms with Crippen LogP contribution in [0.15, 0.2) is 24.8 Å². The minimum Gasteiger partial charge on any atom is -0.497 e. The summed E-state index contributed by atoms with van der Waals surface area (Å²) in [6, 6.07) is 5.85. The van der Waals surface area contributed by atoms with E-state index in [1.807, 2.05) is 24.3 Å². The molecular weight excluding hydrogens is 236 g/mol. The maximum atomic E-state index is 5.97. The summed E-state index contributed by atoms with van der Waals surface area (Å²) < 4.78 is 11.2. The molecule has 0 amide bonds. The molecule has 0 heterocycles. The Balaban J connectivity index is 2.67. The summed E-state index contributed by atoms with van der Waals surface area (Å²) in [5.41, 5.74) is 0.992. The first-order valence-electron chi connectivity index (χ1n) is 7.18. The van der Waals surface area contributed by atoms with Gasteiger partial charge in [-0.3, -0.25) is 0 Å². The zero-order chi connectivity index (χ0) is 14.1. The molecule has 19 heavy (non-hydrogen) atoms. The number of ether oxygens (including phenoxy) is 2. The summed E-state index contributed by atoms with van der Waals surface area (Å²) in [5.74, 6) is 2.38. The van der Waals surface area contributed by atoms with Crippen molar-refractivity contribution < 1.29 is 9.47 Å². The van der Waals surface area contributed by atoms with Gasteiger partial charge in [-0.15, -0.1) is 0 Å². The third-order valence-electron chi connectivity index (χ3n) is 3.31. The highest BCUT2D eigenvalue weighted by Gasteiger charge is 2.09. The summed E-state index contributed by atoms with van der Waals surface area (Å²) in [4.78, 5) is 0. The number of benzene rings is 1. The lowest BCUT2D eigenvalue weighted by molar-refractivity contribution is 0.229. The zero-order valence-electron chi connectivity index (χ0n) is 12.4. The van der Waals surface area contributed by atoms with Crippen LogP contribution >= 0.6 is 0 Å². The average molecular weight is 262 g/mol. The maximum absolute atomic E-state index is 5.97. The van der Waals surface area contributed by atoms with Gasteiger partial charge >= 0.3 is 0 Å². The number of rotatable bonds is 9. The summed E-state index contributed by atoms with van der Waals surface area (Å²) in [7, 11) is 1.67. The summed E-state index contributed by atoms with van der Waals surface area (Å²) in [6.45, 7) is 9.07. The second-order valence-electron chi connectivity index (χ2n) is 4.86. The van der Waals surface area contributed by atoms with Crippen molar-refractivity contribution >= 4 is 6.08 Å². The molecule has 0 saturated heterocycles. The first-order chi connectivity index (χ1) is 9.24. The molecule has 0 aliphatic carbocycles. The predicted molar refractivity (Wildman–Crippen MR) is 81.9 cm³/mol. The van der Waals surface area contributed by atoms with Crippen molar-refractivity contribution in [3.63, 3.8) is 0 Å². The van der Waals surface area contributed by atoms with Gasteiger partial charge in [0.25, 0.3) is 0 Å². The van der Waals surface area contributed by atoms with Crippen LogP contribution < -0.4 is 9.47 Å². The van der Waals surface area contributed by atoms with E-state index >= 15 is 0 Å². The number of hydrogen-bond acceptors (Lipinski definition) is 2. The van der Waals surface area contributed by atoms with Gasteiger partial charge in [0.1, 0.15) is 11.5 Å². The van der Waals surface area contributed by atoms with Crippen molar-refractivity contribution in [2.24, 2.45) is 5.92 Å². The maximum Gasteiger partial charge on any atom is 0.126 e. The van der Waals surface area contributed by atoms with Crippen LogP contribution in [0.3, 0.4) is 0 Å². The molecule has 0 radical (unpaired) electrons. The van der Waals surface area contributed by atoms with Crippen molar-refractivity contribution in [2.75, 3.05) is 13.7 Å². The molecule has 0 aliphatic heterocycles. The van der Waals surface area contributed by atoms with Crippen LogP contribution in [0.1, 0.15) is 45.1 Å². The standard InChI is InChI=1S/C17H26O2/c1-5-8-14(9-6-2)13-19-17-11-10-16(18-4)12-15(17)7-3/h7,10-12,14H,3,5-6,8-9,13H2,1-2,4H3. The van der Waals surface area contributed by atoms with Gasteiger partial charge < -0.3 is 9.47 Å². The van der Waals surface area contributed by atoms with Gasteiger partial charge in [0.05, 0.1) is 13.7 Å². The molecule has 0 atom stereocenters. The highest BCUT2D eigenvalue weighted by atomic mass is 16.5. The minimum absolute atomic E-state index is 0.648. The molecule has 1 aromatic rings. The normalized spacial score (nSPS) is 10.5. The fourth-order valence-electron chi connectivity index (χ4n) is 2.28. The molecule has 0 N–H and O–H groups in total. The van der Waals surface area contributed by atoms with E-state index in [1.54, 1.807) is 7.11 Å². The molecular formula is C17H26O2. The Morgan fingerprint density at radius 1 is 1.21 bits per heavy atom. The van der Waals surface area contributed by atoms with Crippen molar-refractivity contribution in [1.82, 2.24) is 0 Å². The van der Waals surface area contributed by atoms with Gasteiger partial charge in [-0.1, -0.05) is 39.3 Å². The molecule has 0 saturated carbocycles. The zero-order valence-corrected chi connectivity index (χ0v) is 12.4. The Kier molecular flexibility index (Phi) is 7.09. The van der Waals surface area contributed by atoms with E-state index in [9.17, 15) is 0 Å². The molecule has 0 aliphatic rings. The van der Waals surface area contributed by atoms with E-state index in [0.29, 0.717) is 5.92 Å². The van der Waals surface area contributed by atoms with Crippen LogP contribution in [0.25, 0.3) is 6.08 Å². The fraction of sp³-hybridized carbons (Fsp3) is 0.529. The molecule has 106 valence electrons. The summed E-state index contributed by atoms with van der Waals surface area (Å²) in [6.07, 6.45) is 6.70. The van der Waals surface area contributed by atoms with Gasteiger partial charge in [0.15, 0.2) is 0 Å². The lowest BCUT2D eigenvalue weighted by atomic mass is 9.99. The van der Waals surface area contributed by atoms with E-state index < -0.39 is 0 Å². The second-order valence-corrected chi connectivity index (χ2v) is 4.86. The van der Waals surface area contributed by atoms with Crippen LogP contribution in [0, 0.1) is 5.92 Å². The van der Waals surface area contributed by atoms with E-state index in [0.717, 1.165) is 23.7 Å². The first kappa shape index (κ1) is 15.6. The van der Waals surface area contributed by atoms with Crippen LogP contribution in [-0.4, -0.2) is 13.7 Å². The summed E-state index contributed by atoms with van der Waals surface area (Å²) in [5, 5.41) is 0. The number of hydrogen-bond donors (Lipinski definition) is 0. The van der Waals surface area contributed by atoms with Gasteiger partial charge in [-0.25, -0.2) is 0 Å². The molecule has 0 aromatic heterocycles. The van der Waals surface area contributed by atoms with Crippen LogP contribution in [0.4, 0.5) is 0 Å². The Morgan fingerprint density at radius 3 is 2.42 bits per heavy atom. The average Bonchev–Trinajstić information content (AvgIpc) is 2.45. The third-order valence-corrected chi connectivity index (χ3v) is 3.31. The smallest absolute Gasteiger partial charge is 0.126 e. The van der Waals surface area contributed by atoms with E-state index in [2.05, 4.69) is 20.4 Å². The third kappa shape index (κ3) is 4.98. The monoisotopic (exact) mass is 262 g/mol. The van der Waals surface area contributed by atoms with Crippen LogP contribution in [0.2, 0.25) is 0 Å². The molecule has 1 rings (SSSR count). The molecule has 0 bridgehead atoms. The van der Waals surface area contributed by atoms with E-state index in [1.165, 1.54) is 25.7 Å². The first-order valence-corrected chi connectivity index (χ1v) is 7.18. The Hall–Kier alpha value is -1.44. The van der Waals surface area contributed by atoms with Gasteiger partial charge in [-0.05, 0) is 37.0 Å². The SMILES string of the molecule is C=Cc1cc(OC)ccc1OCC(CCC)CCC. The van der Waals surface area contributed by atoms with Gasteiger partial charge in [-0.2, -0.15) is 0 Å². The largest absolute Gasteiger partial charge is 0.497 e. The van der Waals surface area contributed by atoms with Crippen molar-refractivity contribution in [2.45, 2.75) is 39.5 Å². The molecule has 1 aromatic carbocycles. The lowest BCUT2D eigenvalue weighted by Crippen LogP contribution is -2.12. The van der Waals surface area contributed by atoms with Crippen LogP contribution in [0.5, 0.6) is 11.5 Å². The predicted octanol–water partition coefficient (Wildman–Crippen LogP) is 4.93.